The van der Waals surface area contributed by atoms with Crippen molar-refractivity contribution in [2.24, 2.45) is 5.73 Å². The number of nitrogens with zero attached hydrogens (tertiary/aromatic N) is 2. The van der Waals surface area contributed by atoms with Crippen molar-refractivity contribution < 1.29 is 4.92 Å². The van der Waals surface area contributed by atoms with E-state index < -0.39 is 0 Å². The van der Waals surface area contributed by atoms with E-state index in [-0.39, 0.29) is 10.6 Å². The Morgan fingerprint density at radius 3 is 2.72 bits per heavy atom. The van der Waals surface area contributed by atoms with E-state index in [0.29, 0.717) is 12.2 Å². The van der Waals surface area contributed by atoms with Gasteiger partial charge in [-0.1, -0.05) is 12.1 Å². The minimum atomic E-state index is -0.359. The number of nitrogens with two attached hydrogens (primary N) is 1. The summed E-state index contributed by atoms with van der Waals surface area (Å²) in [5, 5.41) is 11.0. The molecule has 5 nitrogen and oxygen atoms in total. The highest BCUT2D eigenvalue weighted by atomic mass is 16.6. The number of benzene rings is 1. The van der Waals surface area contributed by atoms with Crippen LogP contribution in [0.15, 0.2) is 42.6 Å². The lowest BCUT2D eigenvalue weighted by molar-refractivity contribution is -0.384. The van der Waals surface area contributed by atoms with E-state index in [2.05, 4.69) is 0 Å². The molecule has 0 amide bonds. The third-order valence-corrected chi connectivity index (χ3v) is 2.81. The predicted molar refractivity (Wildman–Crippen MR) is 69.8 cm³/mol. The van der Waals surface area contributed by atoms with Crippen LogP contribution in [0, 0.1) is 10.1 Å². The smallest absolute Gasteiger partial charge is 0.293 e. The average Bonchev–Trinajstić information content (AvgIpc) is 2.84. The Labute approximate surface area is 105 Å². The van der Waals surface area contributed by atoms with Crippen LogP contribution in [0.5, 0.6) is 0 Å². The minimum Gasteiger partial charge on any atom is -0.330 e. The fourth-order valence-corrected chi connectivity index (χ4v) is 1.96. The summed E-state index contributed by atoms with van der Waals surface area (Å²) >= 11 is 0. The van der Waals surface area contributed by atoms with Gasteiger partial charge in [-0.15, -0.1) is 0 Å². The Balaban J connectivity index is 2.42. The van der Waals surface area contributed by atoms with Crippen LogP contribution >= 0.6 is 0 Å². The number of hydrogen-bond donors (Lipinski definition) is 1. The lowest BCUT2D eigenvalue weighted by Gasteiger charge is -2.09. The molecule has 1 heterocycles. The lowest BCUT2D eigenvalue weighted by Crippen LogP contribution is -2.06. The van der Waals surface area contributed by atoms with Crippen molar-refractivity contribution in [3.05, 3.63) is 58.4 Å². The van der Waals surface area contributed by atoms with Crippen molar-refractivity contribution in [2.45, 2.75) is 12.8 Å². The van der Waals surface area contributed by atoms with E-state index >= 15 is 0 Å². The van der Waals surface area contributed by atoms with Crippen molar-refractivity contribution in [1.82, 2.24) is 4.57 Å². The number of rotatable bonds is 5. The molecule has 0 bridgehead atoms. The summed E-state index contributed by atoms with van der Waals surface area (Å²) in [4.78, 5) is 10.7. The van der Waals surface area contributed by atoms with Gasteiger partial charge in [-0.25, -0.2) is 0 Å². The molecule has 0 radical (unpaired) electrons. The van der Waals surface area contributed by atoms with Gasteiger partial charge in [-0.3, -0.25) is 10.1 Å². The van der Waals surface area contributed by atoms with E-state index in [9.17, 15) is 10.1 Å². The van der Waals surface area contributed by atoms with Crippen LogP contribution in [-0.2, 0) is 6.42 Å². The summed E-state index contributed by atoms with van der Waals surface area (Å²) in [6.45, 7) is 0.613. The first-order valence-electron chi connectivity index (χ1n) is 5.84. The van der Waals surface area contributed by atoms with Crippen molar-refractivity contribution in [1.29, 1.82) is 0 Å². The molecule has 2 N–H and O–H groups in total. The molecule has 5 heteroatoms. The average molecular weight is 245 g/mol. The van der Waals surface area contributed by atoms with Crippen LogP contribution in [0.4, 0.5) is 5.69 Å². The monoisotopic (exact) mass is 245 g/mol. The molecule has 94 valence electrons. The summed E-state index contributed by atoms with van der Waals surface area (Å²) < 4.78 is 1.85. The van der Waals surface area contributed by atoms with Crippen LogP contribution in [0.1, 0.15) is 12.1 Å². The van der Waals surface area contributed by atoms with E-state index in [0.717, 1.165) is 18.5 Å². The zero-order chi connectivity index (χ0) is 13.0. The SMILES string of the molecule is NCCCc1cccn1-c1ccccc1[N+](=O)[O-]. The maximum Gasteiger partial charge on any atom is 0.293 e. The maximum absolute atomic E-state index is 11.0. The van der Waals surface area contributed by atoms with Crippen LogP contribution in [0.25, 0.3) is 5.69 Å². The second-order valence-electron chi connectivity index (χ2n) is 4.01. The first-order chi connectivity index (χ1) is 8.74. The quantitative estimate of drug-likeness (QED) is 0.648. The van der Waals surface area contributed by atoms with Crippen LogP contribution in [0.3, 0.4) is 0 Å². The molecule has 0 aliphatic carbocycles. The Kier molecular flexibility index (Phi) is 3.74. The first-order valence-corrected chi connectivity index (χ1v) is 5.84. The third-order valence-electron chi connectivity index (χ3n) is 2.81. The van der Waals surface area contributed by atoms with E-state index in [1.165, 1.54) is 6.07 Å². The van der Waals surface area contributed by atoms with Gasteiger partial charge in [-0.2, -0.15) is 0 Å². The highest BCUT2D eigenvalue weighted by Crippen LogP contribution is 2.24. The lowest BCUT2D eigenvalue weighted by atomic mass is 10.2. The van der Waals surface area contributed by atoms with Gasteiger partial charge >= 0.3 is 0 Å². The van der Waals surface area contributed by atoms with Crippen molar-refractivity contribution in [2.75, 3.05) is 6.54 Å². The Hall–Kier alpha value is -2.14. The Morgan fingerprint density at radius 1 is 1.22 bits per heavy atom. The van der Waals surface area contributed by atoms with E-state index in [4.69, 9.17) is 5.73 Å². The third kappa shape index (κ3) is 2.41. The molecule has 0 spiro atoms. The topological polar surface area (TPSA) is 74.1 Å². The number of nitro groups is 1. The normalized spacial score (nSPS) is 10.5. The molecule has 18 heavy (non-hydrogen) atoms. The largest absolute Gasteiger partial charge is 0.330 e. The molecule has 0 saturated heterocycles. The summed E-state index contributed by atoms with van der Waals surface area (Å²) in [6.07, 6.45) is 3.52. The fraction of sp³-hybridized carbons (Fsp3) is 0.231. The number of para-hydroxylation sites is 2. The highest BCUT2D eigenvalue weighted by molar-refractivity contribution is 5.53. The van der Waals surface area contributed by atoms with Gasteiger partial charge in [0.15, 0.2) is 0 Å². The van der Waals surface area contributed by atoms with Gasteiger partial charge in [-0.05, 0) is 37.6 Å². The van der Waals surface area contributed by atoms with Gasteiger partial charge < -0.3 is 10.3 Å². The van der Waals surface area contributed by atoms with Crippen molar-refractivity contribution in [3.8, 4) is 5.69 Å². The molecule has 0 atom stereocenters. The summed E-state index contributed by atoms with van der Waals surface area (Å²) in [5.41, 5.74) is 7.24. The Morgan fingerprint density at radius 2 is 2.00 bits per heavy atom. The number of nitro benzene ring substituents is 1. The summed E-state index contributed by atoms with van der Waals surface area (Å²) in [6, 6.07) is 10.6. The molecule has 0 aliphatic rings. The number of aryl methyl sites for hydroxylation is 1. The van der Waals surface area contributed by atoms with E-state index in [1.807, 2.05) is 22.9 Å². The molecule has 0 saturated carbocycles. The number of aromatic nitrogens is 1. The van der Waals surface area contributed by atoms with Crippen LogP contribution < -0.4 is 5.73 Å². The highest BCUT2D eigenvalue weighted by Gasteiger charge is 2.15. The molecule has 1 aromatic heterocycles. The second-order valence-corrected chi connectivity index (χ2v) is 4.01. The zero-order valence-electron chi connectivity index (χ0n) is 9.95. The molecule has 0 unspecified atom stereocenters. The maximum atomic E-state index is 11.0. The second kappa shape index (κ2) is 5.46. The van der Waals surface area contributed by atoms with Gasteiger partial charge in [0.2, 0.25) is 0 Å². The van der Waals surface area contributed by atoms with Gasteiger partial charge in [0.05, 0.1) is 4.92 Å². The standard InChI is InChI=1S/C13H15N3O2/c14-9-3-5-11-6-4-10-15(11)12-7-1-2-8-13(12)16(17)18/h1-2,4,6-8,10H,3,5,9,14H2. The predicted octanol–water partition coefficient (Wildman–Crippen LogP) is 2.28. The summed E-state index contributed by atoms with van der Waals surface area (Å²) in [5.74, 6) is 0. The molecule has 0 aliphatic heterocycles. The summed E-state index contributed by atoms with van der Waals surface area (Å²) in [7, 11) is 0. The van der Waals surface area contributed by atoms with Crippen LogP contribution in [0.2, 0.25) is 0 Å². The van der Waals surface area contributed by atoms with Gasteiger partial charge in [0.25, 0.3) is 5.69 Å². The molecule has 0 fully saturated rings. The minimum absolute atomic E-state index is 0.114. The van der Waals surface area contributed by atoms with E-state index in [1.54, 1.807) is 18.2 Å². The first kappa shape index (κ1) is 12.3. The zero-order valence-corrected chi connectivity index (χ0v) is 9.95. The molecule has 2 rings (SSSR count). The Bertz CT molecular complexity index is 549. The molecular weight excluding hydrogens is 230 g/mol. The van der Waals surface area contributed by atoms with Crippen LogP contribution in [-0.4, -0.2) is 16.0 Å². The molecular formula is C13H15N3O2. The van der Waals surface area contributed by atoms with Crippen molar-refractivity contribution in [3.63, 3.8) is 0 Å². The molecule has 2 aromatic rings. The van der Waals surface area contributed by atoms with Gasteiger partial charge in [0.1, 0.15) is 5.69 Å². The fourth-order valence-electron chi connectivity index (χ4n) is 1.96. The van der Waals surface area contributed by atoms with Crippen molar-refractivity contribution >= 4 is 5.69 Å². The number of hydrogen-bond acceptors (Lipinski definition) is 3. The van der Waals surface area contributed by atoms with Gasteiger partial charge in [0, 0.05) is 18.0 Å². The molecule has 1 aromatic carbocycles.